The summed E-state index contributed by atoms with van der Waals surface area (Å²) in [6.45, 7) is 6.22. The van der Waals surface area contributed by atoms with Gasteiger partial charge in [0.1, 0.15) is 5.60 Å². The lowest BCUT2D eigenvalue weighted by Gasteiger charge is -2.28. The number of likely N-dealkylation sites (tertiary alicyclic amines) is 1. The molecule has 1 atom stereocenters. The Balaban J connectivity index is 1.92. The average molecular weight is 281 g/mol. The van der Waals surface area contributed by atoms with Crippen LogP contribution in [0.5, 0.6) is 0 Å². The summed E-state index contributed by atoms with van der Waals surface area (Å²) in [6.07, 6.45) is 6.85. The van der Waals surface area contributed by atoms with Crippen LogP contribution in [0.4, 0.5) is 4.79 Å². The van der Waals surface area contributed by atoms with Gasteiger partial charge in [-0.15, -0.1) is 0 Å². The zero-order valence-electron chi connectivity index (χ0n) is 13.0. The Bertz CT molecular complexity index is 366. The van der Waals surface area contributed by atoms with Crippen LogP contribution < -0.4 is 0 Å². The molecule has 1 saturated heterocycles. The molecule has 2 rings (SSSR count). The van der Waals surface area contributed by atoms with Gasteiger partial charge in [0, 0.05) is 13.0 Å². The van der Waals surface area contributed by atoms with Gasteiger partial charge in [0.05, 0.1) is 6.04 Å². The molecule has 0 bridgehead atoms. The van der Waals surface area contributed by atoms with Crippen molar-refractivity contribution in [3.05, 3.63) is 0 Å². The molecule has 114 valence electrons. The molecule has 1 aliphatic carbocycles. The zero-order valence-corrected chi connectivity index (χ0v) is 13.0. The lowest BCUT2D eigenvalue weighted by Crippen LogP contribution is -2.43. The van der Waals surface area contributed by atoms with E-state index in [1.54, 1.807) is 4.90 Å². The highest BCUT2D eigenvalue weighted by molar-refractivity contribution is 5.88. The number of amides is 1. The van der Waals surface area contributed by atoms with Crippen molar-refractivity contribution in [2.75, 3.05) is 6.54 Å². The highest BCUT2D eigenvalue weighted by atomic mass is 16.6. The Morgan fingerprint density at radius 1 is 1.10 bits per heavy atom. The monoisotopic (exact) mass is 281 g/mol. The largest absolute Gasteiger partial charge is 0.444 e. The number of carbonyl (C=O) groups excluding carboxylic acids is 2. The molecule has 1 unspecified atom stereocenters. The normalized spacial score (nSPS) is 24.1. The lowest BCUT2D eigenvalue weighted by molar-refractivity contribution is -0.124. The molecule has 2 aliphatic rings. The first-order valence-electron chi connectivity index (χ1n) is 7.89. The van der Waals surface area contributed by atoms with Gasteiger partial charge in [0.25, 0.3) is 0 Å². The summed E-state index contributed by atoms with van der Waals surface area (Å²) >= 11 is 0. The summed E-state index contributed by atoms with van der Waals surface area (Å²) in [5.74, 6) is 0.781. The van der Waals surface area contributed by atoms with Crippen molar-refractivity contribution >= 4 is 11.9 Å². The number of hydrogen-bond donors (Lipinski definition) is 0. The highest BCUT2D eigenvalue weighted by Crippen LogP contribution is 2.30. The minimum atomic E-state index is -0.501. The molecular formula is C16H27NO3. The predicted octanol–water partition coefficient (Wildman–Crippen LogP) is 3.54. The fourth-order valence-electron chi connectivity index (χ4n) is 3.28. The van der Waals surface area contributed by atoms with Gasteiger partial charge in [-0.05, 0) is 39.5 Å². The van der Waals surface area contributed by atoms with Gasteiger partial charge in [-0.3, -0.25) is 9.69 Å². The number of nitrogens with zero attached hydrogens (tertiary/aromatic N) is 1. The van der Waals surface area contributed by atoms with Gasteiger partial charge in [-0.25, -0.2) is 4.79 Å². The van der Waals surface area contributed by atoms with E-state index in [4.69, 9.17) is 4.74 Å². The van der Waals surface area contributed by atoms with E-state index < -0.39 is 5.60 Å². The predicted molar refractivity (Wildman–Crippen MR) is 77.5 cm³/mol. The van der Waals surface area contributed by atoms with Gasteiger partial charge in [-0.2, -0.15) is 0 Å². The van der Waals surface area contributed by atoms with Crippen LogP contribution in [0.25, 0.3) is 0 Å². The van der Waals surface area contributed by atoms with Crippen LogP contribution in [-0.4, -0.2) is 35.0 Å². The van der Waals surface area contributed by atoms with Crippen molar-refractivity contribution in [2.45, 2.75) is 77.4 Å². The fourth-order valence-corrected chi connectivity index (χ4v) is 3.28. The smallest absolute Gasteiger partial charge is 0.410 e. The third kappa shape index (κ3) is 3.97. The highest BCUT2D eigenvalue weighted by Gasteiger charge is 2.37. The van der Waals surface area contributed by atoms with Crippen LogP contribution in [0.3, 0.4) is 0 Å². The maximum Gasteiger partial charge on any atom is 0.410 e. The van der Waals surface area contributed by atoms with E-state index >= 15 is 0 Å². The molecule has 1 saturated carbocycles. The Hall–Kier alpha value is -1.06. The maximum atomic E-state index is 12.4. The van der Waals surface area contributed by atoms with Gasteiger partial charge in [0.15, 0.2) is 5.78 Å². The quantitative estimate of drug-likeness (QED) is 0.795. The van der Waals surface area contributed by atoms with Crippen molar-refractivity contribution < 1.29 is 14.3 Å². The molecule has 1 aliphatic heterocycles. The van der Waals surface area contributed by atoms with Crippen molar-refractivity contribution in [2.24, 2.45) is 5.92 Å². The molecule has 0 N–H and O–H groups in total. The van der Waals surface area contributed by atoms with Crippen LogP contribution >= 0.6 is 0 Å². The van der Waals surface area contributed by atoms with Crippen LogP contribution in [0.1, 0.15) is 65.7 Å². The van der Waals surface area contributed by atoms with Crippen LogP contribution in [-0.2, 0) is 9.53 Å². The standard InChI is InChI=1S/C16H27NO3/c1-16(2,3)20-15(19)17-10-6-9-13(17)14(18)11-12-7-4-5-8-12/h12-13H,4-11H2,1-3H3. The minimum absolute atomic E-state index is 0.236. The Kier molecular flexibility index (Phi) is 4.71. The number of ether oxygens (including phenoxy) is 1. The first-order chi connectivity index (χ1) is 9.37. The van der Waals surface area contributed by atoms with E-state index in [-0.39, 0.29) is 17.9 Å². The second kappa shape index (κ2) is 6.15. The molecule has 0 aromatic carbocycles. The van der Waals surface area contributed by atoms with E-state index in [9.17, 15) is 9.59 Å². The molecule has 4 heteroatoms. The summed E-state index contributed by atoms with van der Waals surface area (Å²) in [6, 6.07) is -0.245. The van der Waals surface area contributed by atoms with Crippen LogP contribution in [0.2, 0.25) is 0 Å². The average Bonchev–Trinajstić information content (AvgIpc) is 2.96. The molecule has 1 heterocycles. The Morgan fingerprint density at radius 3 is 2.35 bits per heavy atom. The second-order valence-electron chi connectivity index (χ2n) is 7.15. The third-order valence-corrected chi connectivity index (χ3v) is 4.22. The van der Waals surface area contributed by atoms with Crippen LogP contribution in [0, 0.1) is 5.92 Å². The third-order valence-electron chi connectivity index (χ3n) is 4.22. The summed E-state index contributed by atoms with van der Waals surface area (Å²) in [4.78, 5) is 26.2. The molecule has 0 spiro atoms. The summed E-state index contributed by atoms with van der Waals surface area (Å²) in [7, 11) is 0. The molecule has 0 aromatic rings. The fraction of sp³-hybridized carbons (Fsp3) is 0.875. The summed E-state index contributed by atoms with van der Waals surface area (Å²) in [5.41, 5.74) is -0.501. The zero-order chi connectivity index (χ0) is 14.8. The molecule has 0 radical (unpaired) electrons. The topological polar surface area (TPSA) is 46.6 Å². The first-order valence-corrected chi connectivity index (χ1v) is 7.89. The van der Waals surface area contributed by atoms with E-state index in [1.807, 2.05) is 20.8 Å². The number of hydrogen-bond acceptors (Lipinski definition) is 3. The minimum Gasteiger partial charge on any atom is -0.444 e. The van der Waals surface area contributed by atoms with E-state index in [0.717, 1.165) is 12.8 Å². The molecule has 0 aromatic heterocycles. The number of ketones is 1. The van der Waals surface area contributed by atoms with E-state index in [2.05, 4.69) is 0 Å². The summed E-state index contributed by atoms with van der Waals surface area (Å²) in [5, 5.41) is 0. The van der Waals surface area contributed by atoms with Crippen LogP contribution in [0.15, 0.2) is 0 Å². The van der Waals surface area contributed by atoms with Crippen molar-refractivity contribution in [1.82, 2.24) is 4.90 Å². The van der Waals surface area contributed by atoms with E-state index in [1.165, 1.54) is 25.7 Å². The molecule has 2 fully saturated rings. The molecule has 20 heavy (non-hydrogen) atoms. The first kappa shape index (κ1) is 15.3. The van der Waals surface area contributed by atoms with E-state index in [0.29, 0.717) is 18.9 Å². The molecule has 4 nitrogen and oxygen atoms in total. The van der Waals surface area contributed by atoms with Crippen molar-refractivity contribution in [3.63, 3.8) is 0 Å². The molecular weight excluding hydrogens is 254 g/mol. The van der Waals surface area contributed by atoms with Gasteiger partial charge in [-0.1, -0.05) is 25.7 Å². The van der Waals surface area contributed by atoms with Crippen molar-refractivity contribution in [1.29, 1.82) is 0 Å². The van der Waals surface area contributed by atoms with Gasteiger partial charge in [0.2, 0.25) is 0 Å². The SMILES string of the molecule is CC(C)(C)OC(=O)N1CCCC1C(=O)CC1CCCC1. The van der Waals surface area contributed by atoms with Gasteiger partial charge >= 0.3 is 6.09 Å². The lowest BCUT2D eigenvalue weighted by atomic mass is 9.96. The number of Topliss-reactive ketones (excluding diaryl/α,β-unsaturated/α-hetero) is 1. The van der Waals surface area contributed by atoms with Crippen molar-refractivity contribution in [3.8, 4) is 0 Å². The number of carbonyl (C=O) groups is 2. The Morgan fingerprint density at radius 2 is 1.75 bits per heavy atom. The summed E-state index contributed by atoms with van der Waals surface area (Å²) < 4.78 is 5.41. The maximum absolute atomic E-state index is 12.4. The Labute approximate surface area is 121 Å². The second-order valence-corrected chi connectivity index (χ2v) is 7.15. The number of rotatable bonds is 3. The van der Waals surface area contributed by atoms with Gasteiger partial charge < -0.3 is 4.74 Å². The molecule has 1 amide bonds.